The molecule has 0 saturated heterocycles. The number of ether oxygens (including phenoxy) is 1. The molecule has 5 nitrogen and oxygen atoms in total. The Hall–Kier alpha value is -2.60. The highest BCUT2D eigenvalue weighted by atomic mass is 32.2. The smallest absolute Gasteiger partial charge is 0.141 e. The van der Waals surface area contributed by atoms with Crippen LogP contribution < -0.4 is 10.1 Å². The van der Waals surface area contributed by atoms with E-state index < -0.39 is 0 Å². The Morgan fingerprint density at radius 2 is 1.92 bits per heavy atom. The van der Waals surface area contributed by atoms with Crippen LogP contribution in [0.2, 0.25) is 0 Å². The molecule has 0 aliphatic heterocycles. The van der Waals surface area contributed by atoms with Crippen LogP contribution >= 0.6 is 11.8 Å². The Morgan fingerprint density at radius 1 is 1.15 bits per heavy atom. The Balaban J connectivity index is 0.00000117. The average molecular weight is 369 g/mol. The van der Waals surface area contributed by atoms with Crippen molar-refractivity contribution in [1.29, 1.82) is 0 Å². The van der Waals surface area contributed by atoms with E-state index in [4.69, 9.17) is 4.74 Å². The monoisotopic (exact) mass is 368 g/mol. The van der Waals surface area contributed by atoms with Crippen LogP contribution in [0.1, 0.15) is 19.4 Å². The van der Waals surface area contributed by atoms with Crippen LogP contribution in [-0.2, 0) is 0 Å². The van der Waals surface area contributed by atoms with Gasteiger partial charge in [-0.2, -0.15) is 0 Å². The Morgan fingerprint density at radius 3 is 2.58 bits per heavy atom. The number of nitrogens with zero attached hydrogens (tertiary/aromatic N) is 3. The van der Waals surface area contributed by atoms with Gasteiger partial charge in [0, 0.05) is 22.0 Å². The molecule has 0 bridgehead atoms. The fourth-order valence-corrected chi connectivity index (χ4v) is 3.12. The summed E-state index contributed by atoms with van der Waals surface area (Å²) in [6, 6.07) is 9.91. The van der Waals surface area contributed by atoms with Crippen molar-refractivity contribution in [3.8, 4) is 5.75 Å². The first-order valence-corrected chi connectivity index (χ1v) is 9.60. The van der Waals surface area contributed by atoms with Crippen molar-refractivity contribution < 1.29 is 4.74 Å². The molecule has 26 heavy (non-hydrogen) atoms. The zero-order valence-electron chi connectivity index (χ0n) is 15.8. The maximum Gasteiger partial charge on any atom is 0.141 e. The van der Waals surface area contributed by atoms with E-state index in [0.717, 1.165) is 44.3 Å². The lowest BCUT2D eigenvalue weighted by Crippen LogP contribution is -1.97. The lowest BCUT2D eigenvalue weighted by Gasteiger charge is -2.12. The molecule has 0 radical (unpaired) electrons. The zero-order valence-corrected chi connectivity index (χ0v) is 16.6. The minimum Gasteiger partial charge on any atom is -0.496 e. The van der Waals surface area contributed by atoms with Crippen molar-refractivity contribution in [2.75, 3.05) is 18.7 Å². The number of hydrogen-bond acceptors (Lipinski definition) is 6. The summed E-state index contributed by atoms with van der Waals surface area (Å²) in [5, 5.41) is 4.32. The number of anilines is 2. The van der Waals surface area contributed by atoms with Gasteiger partial charge in [-0.3, -0.25) is 4.99 Å². The Bertz CT molecular complexity index is 912. The van der Waals surface area contributed by atoms with Crippen LogP contribution in [0.4, 0.5) is 17.2 Å². The minimum atomic E-state index is 0.761. The number of benzene rings is 2. The molecule has 1 N–H and O–H groups in total. The molecule has 3 aromatic rings. The van der Waals surface area contributed by atoms with Crippen LogP contribution in [0.5, 0.6) is 5.75 Å². The summed E-state index contributed by atoms with van der Waals surface area (Å²) in [5.74, 6) is 1.58. The molecule has 0 aliphatic rings. The molecule has 0 spiro atoms. The molecule has 0 aliphatic carbocycles. The van der Waals surface area contributed by atoms with Crippen molar-refractivity contribution in [3.05, 3.63) is 42.2 Å². The maximum absolute atomic E-state index is 5.37. The summed E-state index contributed by atoms with van der Waals surface area (Å²) in [6.07, 6.45) is 3.57. The number of aliphatic imine (C=N–C) groups is 1. The molecule has 2 aromatic carbocycles. The Labute approximate surface area is 158 Å². The van der Waals surface area contributed by atoms with Gasteiger partial charge >= 0.3 is 0 Å². The maximum atomic E-state index is 5.37. The molecule has 1 heterocycles. The van der Waals surface area contributed by atoms with E-state index in [9.17, 15) is 0 Å². The SMILES string of the molecule is C=Nc1ccc(Nc2ncnc3cc(OC)c(C)cc23)cc1SC.CC. The second-order valence-corrected chi connectivity index (χ2v) is 6.08. The quantitative estimate of drug-likeness (QED) is 0.457. The fourth-order valence-electron chi connectivity index (χ4n) is 2.53. The lowest BCUT2D eigenvalue weighted by molar-refractivity contribution is 0.412. The lowest BCUT2D eigenvalue weighted by atomic mass is 10.1. The molecule has 3 rings (SSSR count). The van der Waals surface area contributed by atoms with E-state index in [1.165, 1.54) is 0 Å². The molecule has 136 valence electrons. The van der Waals surface area contributed by atoms with Gasteiger partial charge in [-0.25, -0.2) is 9.97 Å². The second-order valence-electron chi connectivity index (χ2n) is 5.23. The van der Waals surface area contributed by atoms with Crippen molar-refractivity contribution in [3.63, 3.8) is 0 Å². The van der Waals surface area contributed by atoms with Crippen molar-refractivity contribution in [2.24, 2.45) is 4.99 Å². The third kappa shape index (κ3) is 4.14. The number of aromatic nitrogens is 2. The van der Waals surface area contributed by atoms with E-state index in [-0.39, 0.29) is 0 Å². The van der Waals surface area contributed by atoms with Gasteiger partial charge in [0.05, 0.1) is 18.3 Å². The first-order chi connectivity index (χ1) is 12.7. The van der Waals surface area contributed by atoms with Gasteiger partial charge in [0.2, 0.25) is 0 Å². The van der Waals surface area contributed by atoms with Crippen LogP contribution in [-0.4, -0.2) is 30.1 Å². The number of rotatable bonds is 5. The molecule has 1 aromatic heterocycles. The summed E-state index contributed by atoms with van der Waals surface area (Å²) in [5.41, 5.74) is 3.70. The summed E-state index contributed by atoms with van der Waals surface area (Å²) in [6.45, 7) is 9.61. The highest BCUT2D eigenvalue weighted by molar-refractivity contribution is 7.98. The van der Waals surface area contributed by atoms with Crippen LogP contribution in [0.25, 0.3) is 10.9 Å². The van der Waals surface area contributed by atoms with E-state index in [0.29, 0.717) is 0 Å². The number of nitrogens with one attached hydrogen (secondary N) is 1. The molecule has 0 unspecified atom stereocenters. The average Bonchev–Trinajstić information content (AvgIpc) is 2.69. The number of hydrogen-bond donors (Lipinski definition) is 1. The third-order valence-electron chi connectivity index (χ3n) is 3.76. The van der Waals surface area contributed by atoms with Gasteiger partial charge in [0.15, 0.2) is 0 Å². The van der Waals surface area contributed by atoms with Gasteiger partial charge in [-0.1, -0.05) is 13.8 Å². The summed E-state index contributed by atoms with van der Waals surface area (Å²) >= 11 is 1.63. The zero-order chi connectivity index (χ0) is 19.1. The summed E-state index contributed by atoms with van der Waals surface area (Å²) in [4.78, 5) is 13.8. The number of fused-ring (bicyclic) bond motifs is 1. The van der Waals surface area contributed by atoms with Crippen molar-refractivity contribution in [2.45, 2.75) is 25.7 Å². The fraction of sp³-hybridized carbons (Fsp3) is 0.250. The molecule has 6 heteroatoms. The van der Waals surface area contributed by atoms with Gasteiger partial charge < -0.3 is 10.1 Å². The largest absolute Gasteiger partial charge is 0.496 e. The molecule has 0 atom stereocenters. The van der Waals surface area contributed by atoms with Gasteiger partial charge in [-0.15, -0.1) is 11.8 Å². The highest BCUT2D eigenvalue weighted by Crippen LogP contribution is 2.33. The molecule has 0 saturated carbocycles. The normalized spacial score (nSPS) is 10.0. The Kier molecular flexibility index (Phi) is 6.97. The van der Waals surface area contributed by atoms with E-state index in [2.05, 4.69) is 27.0 Å². The first kappa shape index (κ1) is 19.7. The van der Waals surface area contributed by atoms with Crippen molar-refractivity contribution >= 4 is 46.6 Å². The molecule has 0 amide bonds. The van der Waals surface area contributed by atoms with Gasteiger partial charge in [0.1, 0.15) is 17.9 Å². The van der Waals surface area contributed by atoms with Gasteiger partial charge in [-0.05, 0) is 49.7 Å². The number of aryl methyl sites for hydroxylation is 1. The summed E-state index contributed by atoms with van der Waals surface area (Å²) in [7, 11) is 1.66. The van der Waals surface area contributed by atoms with Crippen LogP contribution in [0, 0.1) is 6.92 Å². The minimum absolute atomic E-state index is 0.761. The van der Waals surface area contributed by atoms with Crippen molar-refractivity contribution in [1.82, 2.24) is 9.97 Å². The van der Waals surface area contributed by atoms with Gasteiger partial charge in [0.25, 0.3) is 0 Å². The molecular weight excluding hydrogens is 344 g/mol. The van der Waals surface area contributed by atoms with E-state index >= 15 is 0 Å². The topological polar surface area (TPSA) is 59.4 Å². The van der Waals surface area contributed by atoms with E-state index in [1.807, 2.05) is 57.4 Å². The predicted molar refractivity (Wildman–Crippen MR) is 113 cm³/mol. The highest BCUT2D eigenvalue weighted by Gasteiger charge is 2.09. The second kappa shape index (κ2) is 9.20. The standard InChI is InChI=1S/C18H18N4OS.C2H6/c1-11-7-13-15(9-16(11)23-3)20-10-21-18(13)22-12-5-6-14(19-2)17(8-12)24-4;1-2/h5-10H,2H2,1,3-4H3,(H,20,21,22);1-2H3. The third-order valence-corrected chi connectivity index (χ3v) is 4.53. The number of methoxy groups -OCH3 is 1. The predicted octanol–water partition coefficient (Wildman–Crippen LogP) is 5.77. The van der Waals surface area contributed by atoms with E-state index in [1.54, 1.807) is 25.2 Å². The van der Waals surface area contributed by atoms with Crippen LogP contribution in [0.15, 0.2) is 46.5 Å². The molecular formula is C20H24N4OS. The first-order valence-electron chi connectivity index (χ1n) is 8.37. The van der Waals surface area contributed by atoms with Crippen LogP contribution in [0.3, 0.4) is 0 Å². The molecule has 0 fully saturated rings. The number of thioether (sulfide) groups is 1. The summed E-state index contributed by atoms with van der Waals surface area (Å²) < 4.78 is 5.37.